The third kappa shape index (κ3) is 4.48. The zero-order chi connectivity index (χ0) is 25.0. The Labute approximate surface area is 193 Å². The van der Waals surface area contributed by atoms with Gasteiger partial charge in [-0.3, -0.25) is 4.79 Å². The van der Waals surface area contributed by atoms with Crippen LogP contribution in [0.1, 0.15) is 42.3 Å². The quantitative estimate of drug-likeness (QED) is 0.501. The minimum Gasteiger partial charge on any atom is -0.369 e. The van der Waals surface area contributed by atoms with Crippen LogP contribution in [-0.2, 0) is 23.6 Å². The number of primary amides is 1. The summed E-state index contributed by atoms with van der Waals surface area (Å²) in [5.74, 6) is -6.13. The Bertz CT molecular complexity index is 1220. The van der Waals surface area contributed by atoms with Crippen LogP contribution in [0.2, 0.25) is 5.02 Å². The Morgan fingerprint density at radius 1 is 1.18 bits per heavy atom. The van der Waals surface area contributed by atoms with Crippen molar-refractivity contribution in [3.63, 3.8) is 0 Å². The summed E-state index contributed by atoms with van der Waals surface area (Å²) < 4.78 is 79.9. The molecule has 0 aliphatic carbocycles. The van der Waals surface area contributed by atoms with Crippen molar-refractivity contribution in [2.24, 2.45) is 11.7 Å². The molecule has 1 aromatic carbocycles. The van der Waals surface area contributed by atoms with E-state index in [4.69, 9.17) is 17.3 Å². The van der Waals surface area contributed by atoms with Crippen molar-refractivity contribution < 1.29 is 31.1 Å². The summed E-state index contributed by atoms with van der Waals surface area (Å²) >= 11 is 6.10. The third-order valence-corrected chi connectivity index (χ3v) is 5.90. The molecule has 0 saturated heterocycles. The molecule has 3 aromatic rings. The lowest BCUT2D eigenvalue weighted by molar-refractivity contribution is -0.155. The van der Waals surface area contributed by atoms with Gasteiger partial charge in [0.15, 0.2) is 0 Å². The summed E-state index contributed by atoms with van der Waals surface area (Å²) in [5.41, 5.74) is 7.37. The average Bonchev–Trinajstić information content (AvgIpc) is 3.10. The maximum absolute atomic E-state index is 13.3. The maximum atomic E-state index is 13.3. The van der Waals surface area contributed by atoms with Crippen LogP contribution in [0.4, 0.5) is 32.3 Å². The number of aromatic nitrogens is 4. The fraction of sp³-hybridized carbons (Fsp3) is 0.400. The highest BCUT2D eigenvalue weighted by Crippen LogP contribution is 2.41. The fourth-order valence-corrected chi connectivity index (χ4v) is 4.19. The van der Waals surface area contributed by atoms with E-state index in [1.54, 1.807) is 18.2 Å². The van der Waals surface area contributed by atoms with Gasteiger partial charge in [-0.25, -0.2) is 4.98 Å². The molecule has 0 spiro atoms. The van der Waals surface area contributed by atoms with Crippen LogP contribution in [0.3, 0.4) is 0 Å². The van der Waals surface area contributed by atoms with Gasteiger partial charge in [-0.2, -0.15) is 36.3 Å². The van der Waals surface area contributed by atoms with Crippen molar-refractivity contribution in [2.75, 3.05) is 11.4 Å². The van der Waals surface area contributed by atoms with Crippen molar-refractivity contribution in [2.45, 2.75) is 38.2 Å². The Balaban J connectivity index is 1.88. The molecular formula is C20H17ClF6N6O. The van der Waals surface area contributed by atoms with Crippen molar-refractivity contribution in [3.05, 3.63) is 46.1 Å². The standard InChI is InChI=1S/C20H17ClF6N6O/c1-8(15(28)34)6-13-14-10(11-7-9(21)2-3-12(11)29-14)4-5-33(13)18-31-16(19(22,23)24)30-17(32-18)20(25,26)27/h2-3,7-8,13,29H,4-6H2,1H3,(H2,28,34). The minimum atomic E-state index is -5.23. The Kier molecular flexibility index (Phi) is 5.86. The molecule has 0 saturated carbocycles. The van der Waals surface area contributed by atoms with Gasteiger partial charge < -0.3 is 15.6 Å². The number of benzene rings is 1. The number of nitrogens with two attached hydrogens (primary N) is 1. The molecule has 182 valence electrons. The van der Waals surface area contributed by atoms with Gasteiger partial charge in [0.05, 0.1) is 6.04 Å². The number of nitrogens with zero attached hydrogens (tertiary/aromatic N) is 4. The predicted octanol–water partition coefficient (Wildman–Crippen LogP) is 4.66. The number of halogens is 7. The van der Waals surface area contributed by atoms with E-state index in [9.17, 15) is 31.1 Å². The number of alkyl halides is 6. The lowest BCUT2D eigenvalue weighted by atomic mass is 9.91. The highest BCUT2D eigenvalue weighted by Gasteiger charge is 2.43. The number of rotatable bonds is 4. The smallest absolute Gasteiger partial charge is 0.369 e. The van der Waals surface area contributed by atoms with E-state index < -0.39 is 47.8 Å². The second-order valence-corrected chi connectivity index (χ2v) is 8.42. The number of hydrogen-bond donors (Lipinski definition) is 2. The molecule has 14 heteroatoms. The van der Waals surface area contributed by atoms with Gasteiger partial charge in [0.2, 0.25) is 23.5 Å². The number of fused-ring (bicyclic) bond motifs is 3. The number of carbonyl (C=O) groups excluding carboxylic acids is 1. The summed E-state index contributed by atoms with van der Waals surface area (Å²) in [6.07, 6.45) is -10.2. The molecule has 34 heavy (non-hydrogen) atoms. The molecule has 0 bridgehead atoms. The predicted molar refractivity (Wildman–Crippen MR) is 110 cm³/mol. The zero-order valence-electron chi connectivity index (χ0n) is 17.4. The number of nitrogens with one attached hydrogen (secondary N) is 1. The molecule has 1 aliphatic heterocycles. The summed E-state index contributed by atoms with van der Waals surface area (Å²) in [5, 5.41) is 1.22. The van der Waals surface area contributed by atoms with Crippen molar-refractivity contribution in [1.29, 1.82) is 0 Å². The second-order valence-electron chi connectivity index (χ2n) is 7.98. The first-order valence-corrected chi connectivity index (χ1v) is 10.4. The van der Waals surface area contributed by atoms with E-state index in [2.05, 4.69) is 19.9 Å². The van der Waals surface area contributed by atoms with Crippen molar-refractivity contribution in [1.82, 2.24) is 19.9 Å². The highest BCUT2D eigenvalue weighted by atomic mass is 35.5. The van der Waals surface area contributed by atoms with Gasteiger partial charge >= 0.3 is 12.4 Å². The van der Waals surface area contributed by atoms with Gasteiger partial charge in [-0.1, -0.05) is 18.5 Å². The Morgan fingerprint density at radius 2 is 1.79 bits per heavy atom. The van der Waals surface area contributed by atoms with Crippen LogP contribution in [0.25, 0.3) is 10.9 Å². The van der Waals surface area contributed by atoms with E-state index >= 15 is 0 Å². The first-order valence-electron chi connectivity index (χ1n) is 10.0. The molecular weight excluding hydrogens is 490 g/mol. The van der Waals surface area contributed by atoms with Gasteiger partial charge in [-0.15, -0.1) is 0 Å². The van der Waals surface area contributed by atoms with Gasteiger partial charge in [0.25, 0.3) is 0 Å². The lowest BCUT2D eigenvalue weighted by Crippen LogP contribution is -2.39. The molecule has 0 fully saturated rings. The molecule has 7 nitrogen and oxygen atoms in total. The number of anilines is 1. The van der Waals surface area contributed by atoms with Crippen LogP contribution < -0.4 is 10.6 Å². The molecule has 4 rings (SSSR count). The molecule has 2 aromatic heterocycles. The van der Waals surface area contributed by atoms with E-state index in [0.717, 1.165) is 10.9 Å². The fourth-order valence-electron chi connectivity index (χ4n) is 4.02. The molecule has 0 radical (unpaired) electrons. The topological polar surface area (TPSA) is 101 Å². The van der Waals surface area contributed by atoms with Crippen LogP contribution >= 0.6 is 11.6 Å². The highest BCUT2D eigenvalue weighted by molar-refractivity contribution is 6.31. The van der Waals surface area contributed by atoms with Gasteiger partial charge in [-0.05, 0) is 36.6 Å². The number of H-pyrrole nitrogens is 1. The largest absolute Gasteiger partial charge is 0.451 e. The van der Waals surface area contributed by atoms with E-state index in [1.807, 2.05) is 0 Å². The SMILES string of the molecule is CC(CC1c2[nH]c3ccc(Cl)cc3c2CCN1c1nc(C(F)(F)F)nc(C(F)(F)F)n1)C(N)=O. The van der Waals surface area contributed by atoms with Crippen molar-refractivity contribution in [3.8, 4) is 0 Å². The van der Waals surface area contributed by atoms with Crippen LogP contribution in [0.5, 0.6) is 0 Å². The van der Waals surface area contributed by atoms with Gasteiger partial charge in [0, 0.05) is 34.1 Å². The third-order valence-electron chi connectivity index (χ3n) is 5.66. The Morgan fingerprint density at radius 3 is 2.35 bits per heavy atom. The van der Waals surface area contributed by atoms with Crippen LogP contribution in [0.15, 0.2) is 18.2 Å². The summed E-state index contributed by atoms with van der Waals surface area (Å²) in [4.78, 5) is 25.3. The Hall–Kier alpha value is -3.09. The van der Waals surface area contributed by atoms with E-state index in [0.29, 0.717) is 16.2 Å². The molecule has 1 aliphatic rings. The minimum absolute atomic E-state index is 0.00271. The molecule has 3 N–H and O–H groups in total. The lowest BCUT2D eigenvalue weighted by Gasteiger charge is -2.37. The molecule has 1 amide bonds. The van der Waals surface area contributed by atoms with E-state index in [-0.39, 0.29) is 19.4 Å². The monoisotopic (exact) mass is 506 g/mol. The van der Waals surface area contributed by atoms with Crippen molar-refractivity contribution >= 4 is 34.4 Å². The van der Waals surface area contributed by atoms with E-state index in [1.165, 1.54) is 11.8 Å². The van der Waals surface area contributed by atoms with Crippen LogP contribution in [0, 0.1) is 5.92 Å². The zero-order valence-corrected chi connectivity index (χ0v) is 18.2. The number of hydrogen-bond acceptors (Lipinski definition) is 5. The summed E-state index contributed by atoms with van der Waals surface area (Å²) in [6.45, 7) is 1.51. The number of carbonyl (C=O) groups is 1. The average molecular weight is 507 g/mol. The summed E-state index contributed by atoms with van der Waals surface area (Å²) in [7, 11) is 0. The van der Waals surface area contributed by atoms with Gasteiger partial charge in [0.1, 0.15) is 0 Å². The first kappa shape index (κ1) is 24.0. The first-order chi connectivity index (χ1) is 15.8. The summed E-state index contributed by atoms with van der Waals surface area (Å²) in [6, 6.07) is 4.20. The molecule has 3 heterocycles. The van der Waals surface area contributed by atoms with Crippen LogP contribution in [-0.4, -0.2) is 32.4 Å². The molecule has 2 unspecified atom stereocenters. The normalized spacial score (nSPS) is 17.6. The second kappa shape index (κ2) is 8.29. The molecule has 2 atom stereocenters. The number of aromatic amines is 1. The number of amides is 1. The maximum Gasteiger partial charge on any atom is 0.451 e.